The maximum atomic E-state index is 11.9. The summed E-state index contributed by atoms with van der Waals surface area (Å²) in [5, 5.41) is 13.9. The van der Waals surface area contributed by atoms with Crippen LogP contribution in [0.2, 0.25) is 0 Å². The van der Waals surface area contributed by atoms with Crippen molar-refractivity contribution < 1.29 is 9.90 Å². The molecule has 0 heterocycles. The third kappa shape index (κ3) is 2.34. The zero-order valence-corrected chi connectivity index (χ0v) is 10.7. The summed E-state index contributed by atoms with van der Waals surface area (Å²) in [5.74, 6) is 0.453. The lowest BCUT2D eigenvalue weighted by Gasteiger charge is -2.06. The van der Waals surface area contributed by atoms with Gasteiger partial charge in [-0.2, -0.15) is 0 Å². The highest BCUT2D eigenvalue weighted by Crippen LogP contribution is 2.49. The second-order valence-corrected chi connectivity index (χ2v) is 5.03. The first-order valence-electron chi connectivity index (χ1n) is 6.67. The third-order valence-electron chi connectivity index (χ3n) is 3.76. The van der Waals surface area contributed by atoms with Crippen molar-refractivity contribution in [3.63, 3.8) is 0 Å². The van der Waals surface area contributed by atoms with E-state index in [-0.39, 0.29) is 18.4 Å². The SMILES string of the molecule is O=C(NCCO)C1CC1c1cccc2ccccc12. The number of fused-ring (bicyclic) bond motifs is 1. The van der Waals surface area contributed by atoms with Gasteiger partial charge in [0, 0.05) is 12.5 Å². The molecule has 1 saturated carbocycles. The van der Waals surface area contributed by atoms with E-state index in [0.29, 0.717) is 12.5 Å². The fourth-order valence-electron chi connectivity index (χ4n) is 2.71. The minimum atomic E-state index is -0.00259. The Labute approximate surface area is 112 Å². The van der Waals surface area contributed by atoms with Crippen LogP contribution < -0.4 is 5.32 Å². The Bertz CT molecular complexity index is 603. The van der Waals surface area contributed by atoms with E-state index in [2.05, 4.69) is 35.6 Å². The molecule has 0 spiro atoms. The summed E-state index contributed by atoms with van der Waals surface area (Å²) in [6.07, 6.45) is 0.908. The molecule has 3 nitrogen and oxygen atoms in total. The normalized spacial score (nSPS) is 21.3. The van der Waals surface area contributed by atoms with Crippen molar-refractivity contribution in [1.29, 1.82) is 0 Å². The maximum absolute atomic E-state index is 11.9. The number of nitrogens with one attached hydrogen (secondary N) is 1. The molecular formula is C16H17NO2. The van der Waals surface area contributed by atoms with Crippen LogP contribution in [0.5, 0.6) is 0 Å². The summed E-state index contributed by atoms with van der Waals surface area (Å²) in [5.41, 5.74) is 1.27. The number of hydrogen-bond acceptors (Lipinski definition) is 2. The van der Waals surface area contributed by atoms with Crippen molar-refractivity contribution in [2.45, 2.75) is 12.3 Å². The predicted octanol–water partition coefficient (Wildman–Crippen LogP) is 2.05. The molecule has 98 valence electrons. The Morgan fingerprint density at radius 2 is 2.00 bits per heavy atom. The molecular weight excluding hydrogens is 238 g/mol. The average Bonchev–Trinajstić information content (AvgIpc) is 3.24. The van der Waals surface area contributed by atoms with E-state index < -0.39 is 0 Å². The lowest BCUT2D eigenvalue weighted by Crippen LogP contribution is -2.28. The number of hydrogen-bond donors (Lipinski definition) is 2. The molecule has 1 aliphatic rings. The van der Waals surface area contributed by atoms with Crippen molar-refractivity contribution in [2.24, 2.45) is 5.92 Å². The van der Waals surface area contributed by atoms with Crippen molar-refractivity contribution in [2.75, 3.05) is 13.2 Å². The van der Waals surface area contributed by atoms with Crippen LogP contribution in [0, 0.1) is 5.92 Å². The van der Waals surface area contributed by atoms with Gasteiger partial charge in [-0.15, -0.1) is 0 Å². The van der Waals surface area contributed by atoms with Crippen LogP contribution in [0.15, 0.2) is 42.5 Å². The van der Waals surface area contributed by atoms with Crippen LogP contribution in [-0.2, 0) is 4.79 Å². The molecule has 2 unspecified atom stereocenters. The second-order valence-electron chi connectivity index (χ2n) is 5.03. The first kappa shape index (κ1) is 12.2. The lowest BCUT2D eigenvalue weighted by molar-refractivity contribution is -0.122. The van der Waals surface area contributed by atoms with Gasteiger partial charge in [0.2, 0.25) is 5.91 Å². The largest absolute Gasteiger partial charge is 0.395 e. The van der Waals surface area contributed by atoms with Gasteiger partial charge in [-0.3, -0.25) is 4.79 Å². The molecule has 0 radical (unpaired) electrons. The molecule has 1 aliphatic carbocycles. The molecule has 0 aliphatic heterocycles. The van der Waals surface area contributed by atoms with Gasteiger partial charge in [0.05, 0.1) is 6.61 Å². The molecule has 19 heavy (non-hydrogen) atoms. The summed E-state index contributed by atoms with van der Waals surface area (Å²) in [4.78, 5) is 11.9. The van der Waals surface area contributed by atoms with Crippen molar-refractivity contribution in [1.82, 2.24) is 5.32 Å². The predicted molar refractivity (Wildman–Crippen MR) is 74.9 cm³/mol. The fraction of sp³-hybridized carbons (Fsp3) is 0.312. The number of rotatable bonds is 4. The average molecular weight is 255 g/mol. The molecule has 1 fully saturated rings. The smallest absolute Gasteiger partial charge is 0.223 e. The maximum Gasteiger partial charge on any atom is 0.223 e. The lowest BCUT2D eigenvalue weighted by atomic mass is 10.00. The van der Waals surface area contributed by atoms with Gasteiger partial charge in [-0.1, -0.05) is 42.5 Å². The first-order valence-corrected chi connectivity index (χ1v) is 6.67. The van der Waals surface area contributed by atoms with Crippen molar-refractivity contribution in [3.05, 3.63) is 48.0 Å². The van der Waals surface area contributed by atoms with Gasteiger partial charge in [0.25, 0.3) is 0 Å². The highest BCUT2D eigenvalue weighted by atomic mass is 16.3. The summed E-state index contributed by atoms with van der Waals surface area (Å²) in [6.45, 7) is 0.342. The molecule has 3 rings (SSSR count). The van der Waals surface area contributed by atoms with Gasteiger partial charge in [0.15, 0.2) is 0 Å². The molecule has 3 heteroatoms. The zero-order chi connectivity index (χ0) is 13.2. The Morgan fingerprint density at radius 1 is 1.21 bits per heavy atom. The van der Waals surface area contributed by atoms with Gasteiger partial charge in [0.1, 0.15) is 0 Å². The van der Waals surface area contributed by atoms with E-state index in [1.54, 1.807) is 0 Å². The minimum absolute atomic E-state index is 0.00259. The number of amides is 1. The topological polar surface area (TPSA) is 49.3 Å². The van der Waals surface area contributed by atoms with E-state index in [1.807, 2.05) is 12.1 Å². The Hall–Kier alpha value is -1.87. The van der Waals surface area contributed by atoms with Gasteiger partial charge < -0.3 is 10.4 Å². The van der Waals surface area contributed by atoms with Crippen molar-refractivity contribution >= 4 is 16.7 Å². The Kier molecular flexibility index (Phi) is 3.22. The summed E-state index contributed by atoms with van der Waals surface area (Å²) >= 11 is 0. The van der Waals surface area contributed by atoms with E-state index in [4.69, 9.17) is 5.11 Å². The summed E-state index contributed by atoms with van der Waals surface area (Å²) < 4.78 is 0. The molecule has 1 amide bonds. The van der Waals surface area contributed by atoms with Crippen LogP contribution in [0.1, 0.15) is 17.9 Å². The Morgan fingerprint density at radius 3 is 2.84 bits per heavy atom. The van der Waals surface area contributed by atoms with Gasteiger partial charge in [-0.25, -0.2) is 0 Å². The number of carbonyl (C=O) groups is 1. The Balaban J connectivity index is 1.82. The standard InChI is InChI=1S/C16H17NO2/c18-9-8-17-16(19)15-10-14(15)13-7-3-5-11-4-1-2-6-12(11)13/h1-7,14-15,18H,8-10H2,(H,17,19). The van der Waals surface area contributed by atoms with Gasteiger partial charge >= 0.3 is 0 Å². The number of aliphatic hydroxyl groups excluding tert-OH is 1. The minimum Gasteiger partial charge on any atom is -0.395 e. The van der Waals surface area contributed by atoms with Crippen molar-refractivity contribution in [3.8, 4) is 0 Å². The van der Waals surface area contributed by atoms with Gasteiger partial charge in [-0.05, 0) is 28.7 Å². The highest BCUT2D eigenvalue weighted by molar-refractivity contribution is 5.89. The van der Waals surface area contributed by atoms with E-state index >= 15 is 0 Å². The fourth-order valence-corrected chi connectivity index (χ4v) is 2.71. The molecule has 2 N–H and O–H groups in total. The van der Waals surface area contributed by atoms with Crippen LogP contribution in [0.4, 0.5) is 0 Å². The monoisotopic (exact) mass is 255 g/mol. The molecule has 0 bridgehead atoms. The summed E-state index contributed by atoms with van der Waals surface area (Å²) in [6, 6.07) is 14.6. The van der Waals surface area contributed by atoms with Crippen LogP contribution in [0.25, 0.3) is 10.8 Å². The first-order chi connectivity index (χ1) is 9.31. The van der Waals surface area contributed by atoms with E-state index in [0.717, 1.165) is 6.42 Å². The van der Waals surface area contributed by atoms with Crippen LogP contribution in [-0.4, -0.2) is 24.2 Å². The number of aliphatic hydroxyl groups is 1. The highest BCUT2D eigenvalue weighted by Gasteiger charge is 2.44. The number of benzene rings is 2. The van der Waals surface area contributed by atoms with E-state index in [1.165, 1.54) is 16.3 Å². The summed E-state index contributed by atoms with van der Waals surface area (Å²) in [7, 11) is 0. The van der Waals surface area contributed by atoms with Crippen LogP contribution in [0.3, 0.4) is 0 Å². The van der Waals surface area contributed by atoms with E-state index in [9.17, 15) is 4.79 Å². The third-order valence-corrected chi connectivity index (χ3v) is 3.76. The zero-order valence-electron chi connectivity index (χ0n) is 10.7. The molecule has 2 atom stereocenters. The number of carbonyl (C=O) groups excluding carboxylic acids is 1. The molecule has 0 aromatic heterocycles. The molecule has 2 aromatic rings. The molecule has 2 aromatic carbocycles. The quantitative estimate of drug-likeness (QED) is 0.878. The van der Waals surface area contributed by atoms with Crippen LogP contribution >= 0.6 is 0 Å². The molecule has 0 saturated heterocycles. The second kappa shape index (κ2) is 5.02.